The number of aromatic amines is 1. The maximum absolute atomic E-state index is 13.4. The zero-order valence-corrected chi connectivity index (χ0v) is 20.0. The number of carbonyl (C=O) groups is 1. The largest absolute Gasteiger partial charge is 0.395 e. The van der Waals surface area contributed by atoms with Gasteiger partial charge in [0.25, 0.3) is 5.91 Å². The lowest BCUT2D eigenvalue weighted by Crippen LogP contribution is -2.39. The Bertz CT molecular complexity index is 1450. The number of H-pyrrole nitrogens is 1. The number of sulfonamides is 1. The fourth-order valence-electron chi connectivity index (χ4n) is 3.93. The van der Waals surface area contributed by atoms with Gasteiger partial charge in [0.1, 0.15) is 0 Å². The van der Waals surface area contributed by atoms with E-state index in [9.17, 15) is 18.3 Å². The van der Waals surface area contributed by atoms with Gasteiger partial charge in [0.2, 0.25) is 10.0 Å². The molecule has 0 aliphatic heterocycles. The number of nitrogens with one attached hydrogen (secondary N) is 3. The number of aromatic nitrogens is 1. The number of aliphatic hydroxyl groups is 1. The van der Waals surface area contributed by atoms with Crippen molar-refractivity contribution in [3.63, 3.8) is 0 Å². The van der Waals surface area contributed by atoms with Gasteiger partial charge in [-0.1, -0.05) is 54.1 Å². The zero-order chi connectivity index (χ0) is 24.3. The van der Waals surface area contributed by atoms with Crippen molar-refractivity contribution >= 4 is 38.4 Å². The first kappa shape index (κ1) is 24.0. The molecule has 0 spiro atoms. The normalized spacial score (nSPS) is 12.6. The summed E-state index contributed by atoms with van der Waals surface area (Å²) in [6.45, 7) is -0.368. The summed E-state index contributed by atoms with van der Waals surface area (Å²) in [5.41, 5.74) is 3.13. The highest BCUT2D eigenvalue weighted by atomic mass is 35.5. The van der Waals surface area contributed by atoms with Gasteiger partial charge in [0, 0.05) is 35.8 Å². The Hall–Kier alpha value is -3.17. The Morgan fingerprint density at radius 3 is 2.56 bits per heavy atom. The monoisotopic (exact) mass is 497 g/mol. The van der Waals surface area contributed by atoms with Crippen LogP contribution in [-0.4, -0.2) is 44.1 Å². The number of carbonyl (C=O) groups excluding carboxylic acids is 1. The number of fused-ring (bicyclic) bond motifs is 1. The molecule has 0 saturated carbocycles. The second kappa shape index (κ2) is 9.99. The number of halogens is 1. The van der Waals surface area contributed by atoms with Crippen LogP contribution < -0.4 is 10.0 Å². The molecule has 3 aromatic carbocycles. The lowest BCUT2D eigenvalue weighted by Gasteiger charge is -2.18. The lowest BCUT2D eigenvalue weighted by molar-refractivity contribution is 0.0963. The van der Waals surface area contributed by atoms with Crippen LogP contribution in [-0.2, 0) is 16.4 Å². The van der Waals surface area contributed by atoms with Gasteiger partial charge in [-0.05, 0) is 41.8 Å². The Kier molecular flexibility index (Phi) is 7.04. The molecule has 0 bridgehead atoms. The number of aliphatic hydroxyl groups excluding tert-OH is 1. The molecular weight excluding hydrogens is 474 g/mol. The first-order chi connectivity index (χ1) is 16.3. The summed E-state index contributed by atoms with van der Waals surface area (Å²) in [5, 5.41) is 13.7. The Balaban J connectivity index is 1.64. The molecule has 0 saturated heterocycles. The van der Waals surface area contributed by atoms with Crippen LogP contribution in [0.15, 0.2) is 77.8 Å². The second-order valence-electron chi connectivity index (χ2n) is 7.83. The summed E-state index contributed by atoms with van der Waals surface area (Å²) in [5.74, 6) is -0.331. The fraction of sp³-hybridized carbons (Fsp3) is 0.160. The minimum absolute atomic E-state index is 0.0520. The fourth-order valence-corrected chi connectivity index (χ4v) is 5.66. The summed E-state index contributed by atoms with van der Waals surface area (Å²) in [4.78, 5) is 15.2. The predicted octanol–water partition coefficient (Wildman–Crippen LogP) is 3.73. The van der Waals surface area contributed by atoms with Crippen molar-refractivity contribution < 1.29 is 18.3 Å². The van der Waals surface area contributed by atoms with E-state index in [0.29, 0.717) is 23.1 Å². The third-order valence-corrected chi connectivity index (χ3v) is 7.50. The van der Waals surface area contributed by atoms with Gasteiger partial charge in [-0.3, -0.25) is 4.79 Å². The minimum atomic E-state index is -3.99. The van der Waals surface area contributed by atoms with Crippen molar-refractivity contribution in [1.82, 2.24) is 15.0 Å². The van der Waals surface area contributed by atoms with E-state index in [1.807, 2.05) is 30.5 Å². The quantitative estimate of drug-likeness (QED) is 0.297. The predicted molar refractivity (Wildman–Crippen MR) is 133 cm³/mol. The standard InChI is InChI=1S/C25H24ClN3O4S/c1-27-25(31)21-11-10-16(13-22(21)26)20-7-3-5-9-24(20)34(32,33)29-18(15-30)12-17-14-28-23-8-4-2-6-19(17)23/h2-11,13-14,18,28-30H,12,15H2,1H3,(H,27,31)/t18-/m1/s1. The summed E-state index contributed by atoms with van der Waals surface area (Å²) in [6.07, 6.45) is 2.14. The Morgan fingerprint density at radius 2 is 1.82 bits per heavy atom. The smallest absolute Gasteiger partial charge is 0.252 e. The lowest BCUT2D eigenvalue weighted by atomic mass is 10.0. The van der Waals surface area contributed by atoms with Gasteiger partial charge >= 0.3 is 0 Å². The molecule has 0 aliphatic carbocycles. The molecule has 176 valence electrons. The topological polar surface area (TPSA) is 111 Å². The van der Waals surface area contributed by atoms with Crippen molar-refractivity contribution in [2.75, 3.05) is 13.7 Å². The van der Waals surface area contributed by atoms with Crippen LogP contribution in [0.2, 0.25) is 5.02 Å². The highest BCUT2D eigenvalue weighted by Gasteiger charge is 2.24. The van der Waals surface area contributed by atoms with Gasteiger partial charge in [-0.2, -0.15) is 0 Å². The van der Waals surface area contributed by atoms with Crippen LogP contribution in [0.3, 0.4) is 0 Å². The molecule has 0 fully saturated rings. The Labute approximate surface area is 202 Å². The number of amides is 1. The molecule has 0 radical (unpaired) electrons. The van der Waals surface area contributed by atoms with Gasteiger partial charge in [0.05, 0.1) is 22.1 Å². The maximum atomic E-state index is 13.4. The van der Waals surface area contributed by atoms with Crippen molar-refractivity contribution in [2.24, 2.45) is 0 Å². The van der Waals surface area contributed by atoms with Crippen molar-refractivity contribution in [3.8, 4) is 11.1 Å². The molecule has 4 N–H and O–H groups in total. The van der Waals surface area contributed by atoms with Crippen LogP contribution in [0.5, 0.6) is 0 Å². The van der Waals surface area contributed by atoms with Crippen LogP contribution in [0.1, 0.15) is 15.9 Å². The molecule has 0 unspecified atom stereocenters. The van der Waals surface area contributed by atoms with E-state index in [1.54, 1.807) is 36.4 Å². The van der Waals surface area contributed by atoms with Crippen molar-refractivity contribution in [1.29, 1.82) is 0 Å². The molecule has 1 aromatic heterocycles. The van der Waals surface area contributed by atoms with Crippen LogP contribution >= 0.6 is 11.6 Å². The summed E-state index contributed by atoms with van der Waals surface area (Å²) >= 11 is 6.29. The summed E-state index contributed by atoms with van der Waals surface area (Å²) in [6, 6.07) is 18.3. The zero-order valence-electron chi connectivity index (χ0n) is 18.4. The highest BCUT2D eigenvalue weighted by molar-refractivity contribution is 7.89. The van der Waals surface area contributed by atoms with Gasteiger partial charge in [0.15, 0.2) is 0 Å². The molecule has 4 rings (SSSR count). The average molecular weight is 498 g/mol. The molecule has 34 heavy (non-hydrogen) atoms. The molecule has 7 nitrogen and oxygen atoms in total. The van der Waals surface area contributed by atoms with Crippen molar-refractivity contribution in [3.05, 3.63) is 89.1 Å². The van der Waals surface area contributed by atoms with Gasteiger partial charge in [-0.15, -0.1) is 0 Å². The van der Waals surface area contributed by atoms with E-state index in [4.69, 9.17) is 11.6 Å². The molecule has 9 heteroatoms. The summed E-state index contributed by atoms with van der Waals surface area (Å²) < 4.78 is 29.4. The van der Waals surface area contributed by atoms with Gasteiger partial charge in [-0.25, -0.2) is 13.1 Å². The van der Waals surface area contributed by atoms with E-state index in [1.165, 1.54) is 13.1 Å². The van der Waals surface area contributed by atoms with Gasteiger partial charge < -0.3 is 15.4 Å². The first-order valence-corrected chi connectivity index (χ1v) is 12.5. The first-order valence-electron chi connectivity index (χ1n) is 10.6. The van der Waals surface area contributed by atoms with E-state index in [0.717, 1.165) is 16.5 Å². The molecular formula is C25H24ClN3O4S. The molecule has 1 atom stereocenters. The van der Waals surface area contributed by atoms with Crippen LogP contribution in [0, 0.1) is 0 Å². The number of hydrogen-bond donors (Lipinski definition) is 4. The number of benzene rings is 3. The number of hydrogen-bond acceptors (Lipinski definition) is 4. The average Bonchev–Trinajstić information content (AvgIpc) is 3.25. The van der Waals surface area contributed by atoms with Crippen LogP contribution in [0.25, 0.3) is 22.0 Å². The van der Waals surface area contributed by atoms with E-state index >= 15 is 0 Å². The van der Waals surface area contributed by atoms with E-state index in [-0.39, 0.29) is 22.4 Å². The molecule has 0 aliphatic rings. The number of rotatable bonds is 8. The molecule has 1 heterocycles. The van der Waals surface area contributed by atoms with E-state index in [2.05, 4.69) is 15.0 Å². The summed E-state index contributed by atoms with van der Waals surface area (Å²) in [7, 11) is -2.49. The number of para-hydroxylation sites is 1. The Morgan fingerprint density at radius 1 is 1.09 bits per heavy atom. The highest BCUT2D eigenvalue weighted by Crippen LogP contribution is 2.31. The molecule has 1 amide bonds. The van der Waals surface area contributed by atoms with Crippen LogP contribution in [0.4, 0.5) is 0 Å². The van der Waals surface area contributed by atoms with E-state index < -0.39 is 16.1 Å². The third kappa shape index (κ3) is 4.85. The maximum Gasteiger partial charge on any atom is 0.252 e. The van der Waals surface area contributed by atoms with Crippen molar-refractivity contribution in [2.45, 2.75) is 17.4 Å². The SMILES string of the molecule is CNC(=O)c1ccc(-c2ccccc2S(=O)(=O)N[C@@H](CO)Cc2c[nH]c3ccccc23)cc1Cl. The molecule has 4 aromatic rings. The minimum Gasteiger partial charge on any atom is -0.395 e. The second-order valence-corrected chi connectivity index (χ2v) is 9.92. The third-order valence-electron chi connectivity index (χ3n) is 5.61.